The molecule has 3 atom stereocenters. The first-order valence-corrected chi connectivity index (χ1v) is 4.88. The molecular weight excluding hydrogens is 144 g/mol. The third-order valence-electron chi connectivity index (χ3n) is 4.68. The standard InChI is InChI=1S/C12H18/c1-5-6-7-10-8-11(3)9(2)12(10,11)4/h5,7,9H,1,6,8H2,2-4H3. The third kappa shape index (κ3) is 0.608. The average molecular weight is 162 g/mol. The van der Waals surface area contributed by atoms with E-state index in [1.54, 1.807) is 5.57 Å². The molecular formula is C12H18. The van der Waals surface area contributed by atoms with E-state index in [1.807, 2.05) is 6.08 Å². The van der Waals surface area contributed by atoms with Crippen LogP contribution in [0, 0.1) is 16.7 Å². The number of hydrogen-bond donors (Lipinski definition) is 0. The van der Waals surface area contributed by atoms with Crippen molar-refractivity contribution < 1.29 is 0 Å². The second-order valence-corrected chi connectivity index (χ2v) is 4.77. The fraction of sp³-hybridized carbons (Fsp3) is 0.667. The normalized spacial score (nSPS) is 52.9. The summed E-state index contributed by atoms with van der Waals surface area (Å²) in [7, 11) is 0. The van der Waals surface area contributed by atoms with Crippen LogP contribution < -0.4 is 0 Å². The van der Waals surface area contributed by atoms with Gasteiger partial charge in [-0.1, -0.05) is 38.5 Å². The lowest BCUT2D eigenvalue weighted by atomic mass is 9.71. The summed E-state index contributed by atoms with van der Waals surface area (Å²) in [6, 6.07) is 0. The van der Waals surface area contributed by atoms with Crippen molar-refractivity contribution in [1.82, 2.24) is 0 Å². The largest absolute Gasteiger partial charge is 0.103 e. The quantitative estimate of drug-likeness (QED) is 0.545. The summed E-state index contributed by atoms with van der Waals surface area (Å²) in [5, 5.41) is 0. The predicted octanol–water partition coefficient (Wildman–Crippen LogP) is 3.55. The van der Waals surface area contributed by atoms with Crippen molar-refractivity contribution in [3.8, 4) is 0 Å². The van der Waals surface area contributed by atoms with Crippen molar-refractivity contribution in [2.45, 2.75) is 33.6 Å². The third-order valence-corrected chi connectivity index (χ3v) is 4.68. The molecule has 0 heterocycles. The molecule has 2 aliphatic carbocycles. The van der Waals surface area contributed by atoms with Crippen LogP contribution in [0.15, 0.2) is 24.3 Å². The lowest BCUT2D eigenvalue weighted by molar-refractivity contribution is 0.324. The number of fused-ring (bicyclic) bond motifs is 1. The maximum Gasteiger partial charge on any atom is -0.00252 e. The fourth-order valence-corrected chi connectivity index (χ4v) is 3.11. The SMILES string of the molecule is C=CCC=C1CC2(C)C(C)C12C. The van der Waals surface area contributed by atoms with Crippen LogP contribution >= 0.6 is 0 Å². The fourth-order valence-electron chi connectivity index (χ4n) is 3.11. The molecule has 0 aliphatic heterocycles. The number of hydrogen-bond acceptors (Lipinski definition) is 0. The highest BCUT2D eigenvalue weighted by molar-refractivity contribution is 5.44. The Morgan fingerprint density at radius 2 is 2.25 bits per heavy atom. The summed E-state index contributed by atoms with van der Waals surface area (Å²) in [5.74, 6) is 0.904. The number of rotatable bonds is 2. The van der Waals surface area contributed by atoms with E-state index in [2.05, 4.69) is 33.4 Å². The van der Waals surface area contributed by atoms with E-state index in [4.69, 9.17) is 0 Å². The van der Waals surface area contributed by atoms with Gasteiger partial charge in [-0.3, -0.25) is 0 Å². The first-order valence-electron chi connectivity index (χ1n) is 4.88. The zero-order valence-electron chi connectivity index (χ0n) is 8.35. The summed E-state index contributed by atoms with van der Waals surface area (Å²) in [6.45, 7) is 11.0. The molecule has 66 valence electrons. The minimum Gasteiger partial charge on any atom is -0.103 e. The molecule has 0 radical (unpaired) electrons. The molecule has 0 N–H and O–H groups in total. The summed E-state index contributed by atoms with van der Waals surface area (Å²) in [6.07, 6.45) is 6.74. The van der Waals surface area contributed by atoms with Gasteiger partial charge in [0.1, 0.15) is 0 Å². The van der Waals surface area contributed by atoms with Gasteiger partial charge in [0, 0.05) is 0 Å². The molecule has 2 rings (SSSR count). The molecule has 0 saturated heterocycles. The minimum atomic E-state index is 0.565. The second kappa shape index (κ2) is 2.04. The van der Waals surface area contributed by atoms with Crippen molar-refractivity contribution in [3.05, 3.63) is 24.3 Å². The van der Waals surface area contributed by atoms with Gasteiger partial charge >= 0.3 is 0 Å². The summed E-state index contributed by atoms with van der Waals surface area (Å²) in [5.41, 5.74) is 2.90. The zero-order valence-corrected chi connectivity index (χ0v) is 8.35. The molecule has 0 aromatic heterocycles. The highest BCUT2D eigenvalue weighted by Gasteiger charge is 2.76. The maximum absolute atomic E-state index is 3.74. The molecule has 0 aromatic carbocycles. The zero-order chi connectivity index (χ0) is 8.98. The molecule has 0 bridgehead atoms. The Morgan fingerprint density at radius 3 is 2.58 bits per heavy atom. The van der Waals surface area contributed by atoms with Gasteiger partial charge < -0.3 is 0 Å². The van der Waals surface area contributed by atoms with Crippen molar-refractivity contribution >= 4 is 0 Å². The lowest BCUT2D eigenvalue weighted by Gasteiger charge is -2.33. The molecule has 0 spiro atoms. The Labute approximate surface area is 75.4 Å². The van der Waals surface area contributed by atoms with Crippen LogP contribution in [0.5, 0.6) is 0 Å². The molecule has 0 nitrogen and oxygen atoms in total. The Bertz CT molecular complexity index is 261. The van der Waals surface area contributed by atoms with Gasteiger partial charge in [-0.2, -0.15) is 0 Å². The van der Waals surface area contributed by atoms with E-state index in [1.165, 1.54) is 6.42 Å². The van der Waals surface area contributed by atoms with Gasteiger partial charge in [-0.05, 0) is 29.6 Å². The minimum absolute atomic E-state index is 0.565. The molecule has 0 heteroatoms. The van der Waals surface area contributed by atoms with E-state index in [0.29, 0.717) is 10.8 Å². The van der Waals surface area contributed by atoms with Gasteiger partial charge in [0.2, 0.25) is 0 Å². The van der Waals surface area contributed by atoms with Crippen LogP contribution in [0.2, 0.25) is 0 Å². The molecule has 2 saturated carbocycles. The van der Waals surface area contributed by atoms with Gasteiger partial charge in [-0.15, -0.1) is 6.58 Å². The predicted molar refractivity (Wildman–Crippen MR) is 52.9 cm³/mol. The second-order valence-electron chi connectivity index (χ2n) is 4.77. The van der Waals surface area contributed by atoms with E-state index in [-0.39, 0.29) is 0 Å². The Hall–Kier alpha value is -0.520. The molecule has 12 heavy (non-hydrogen) atoms. The van der Waals surface area contributed by atoms with Gasteiger partial charge in [0.15, 0.2) is 0 Å². The van der Waals surface area contributed by atoms with E-state index >= 15 is 0 Å². The van der Waals surface area contributed by atoms with Crippen molar-refractivity contribution in [1.29, 1.82) is 0 Å². The Morgan fingerprint density at radius 1 is 1.58 bits per heavy atom. The first kappa shape index (κ1) is 8.10. The summed E-state index contributed by atoms with van der Waals surface area (Å²) in [4.78, 5) is 0. The monoisotopic (exact) mass is 162 g/mol. The topological polar surface area (TPSA) is 0 Å². The average Bonchev–Trinajstić information content (AvgIpc) is 2.37. The van der Waals surface area contributed by atoms with Crippen LogP contribution in [0.1, 0.15) is 33.6 Å². The highest BCUT2D eigenvalue weighted by Crippen LogP contribution is 2.83. The van der Waals surface area contributed by atoms with Crippen LogP contribution in [-0.2, 0) is 0 Å². The van der Waals surface area contributed by atoms with Crippen molar-refractivity contribution in [2.24, 2.45) is 16.7 Å². The van der Waals surface area contributed by atoms with Crippen LogP contribution in [0.3, 0.4) is 0 Å². The number of allylic oxidation sites excluding steroid dienone is 3. The first-order chi connectivity index (χ1) is 5.57. The highest BCUT2D eigenvalue weighted by atomic mass is 14.8. The molecule has 0 aromatic rings. The molecule has 3 unspecified atom stereocenters. The van der Waals surface area contributed by atoms with Crippen LogP contribution in [0.25, 0.3) is 0 Å². The molecule has 2 fully saturated rings. The van der Waals surface area contributed by atoms with E-state index < -0.39 is 0 Å². The smallest absolute Gasteiger partial charge is 0.00252 e. The lowest BCUT2D eigenvalue weighted by Crippen LogP contribution is -2.23. The Balaban J connectivity index is 2.14. The summed E-state index contributed by atoms with van der Waals surface area (Å²) >= 11 is 0. The van der Waals surface area contributed by atoms with Crippen molar-refractivity contribution in [3.63, 3.8) is 0 Å². The van der Waals surface area contributed by atoms with Gasteiger partial charge in [0.05, 0.1) is 0 Å². The van der Waals surface area contributed by atoms with Crippen LogP contribution in [0.4, 0.5) is 0 Å². The van der Waals surface area contributed by atoms with Crippen LogP contribution in [-0.4, -0.2) is 0 Å². The molecule has 0 amide bonds. The summed E-state index contributed by atoms with van der Waals surface area (Å²) < 4.78 is 0. The van der Waals surface area contributed by atoms with E-state index in [0.717, 1.165) is 12.3 Å². The van der Waals surface area contributed by atoms with Gasteiger partial charge in [0.25, 0.3) is 0 Å². The molecule has 2 aliphatic rings. The van der Waals surface area contributed by atoms with Crippen molar-refractivity contribution in [2.75, 3.05) is 0 Å². The van der Waals surface area contributed by atoms with Gasteiger partial charge in [-0.25, -0.2) is 0 Å². The maximum atomic E-state index is 3.74. The van der Waals surface area contributed by atoms with E-state index in [9.17, 15) is 0 Å². The Kier molecular flexibility index (Phi) is 1.38.